The van der Waals surface area contributed by atoms with Crippen LogP contribution in [0.15, 0.2) is 36.7 Å². The molecule has 3 heteroatoms. The molecule has 0 aliphatic carbocycles. The lowest BCUT2D eigenvalue weighted by Crippen LogP contribution is -2.10. The first kappa shape index (κ1) is 10.6. The molecule has 0 radical (unpaired) electrons. The molecule has 16 heavy (non-hydrogen) atoms. The number of aromatic nitrogens is 2. The molecular formula is C13H14N2O. The molecule has 0 spiro atoms. The SMILES string of the molecule is Cc1ccc(C(=O)Cn2ccnc2C)cc1. The first-order valence-corrected chi connectivity index (χ1v) is 5.24. The molecule has 82 valence electrons. The topological polar surface area (TPSA) is 34.9 Å². The number of carbonyl (C=O) groups excluding carboxylic acids is 1. The lowest BCUT2D eigenvalue weighted by Gasteiger charge is -2.04. The molecule has 2 aromatic rings. The zero-order valence-corrected chi connectivity index (χ0v) is 9.47. The number of benzene rings is 1. The van der Waals surface area contributed by atoms with Gasteiger partial charge in [-0.05, 0) is 13.8 Å². The fourth-order valence-corrected chi connectivity index (χ4v) is 1.56. The van der Waals surface area contributed by atoms with E-state index in [1.165, 1.54) is 0 Å². The zero-order chi connectivity index (χ0) is 11.5. The van der Waals surface area contributed by atoms with Gasteiger partial charge in [-0.25, -0.2) is 4.98 Å². The minimum atomic E-state index is 0.112. The summed E-state index contributed by atoms with van der Waals surface area (Å²) in [6, 6.07) is 7.63. The van der Waals surface area contributed by atoms with Gasteiger partial charge in [0.25, 0.3) is 0 Å². The van der Waals surface area contributed by atoms with Crippen molar-refractivity contribution < 1.29 is 4.79 Å². The number of hydrogen-bond acceptors (Lipinski definition) is 2. The minimum Gasteiger partial charge on any atom is -0.327 e. The second-order valence-corrected chi connectivity index (χ2v) is 3.89. The van der Waals surface area contributed by atoms with E-state index < -0.39 is 0 Å². The second-order valence-electron chi connectivity index (χ2n) is 3.89. The van der Waals surface area contributed by atoms with Gasteiger partial charge in [-0.2, -0.15) is 0 Å². The maximum absolute atomic E-state index is 11.9. The predicted molar refractivity (Wildman–Crippen MR) is 62.5 cm³/mol. The van der Waals surface area contributed by atoms with Crippen LogP contribution in [0.1, 0.15) is 21.7 Å². The van der Waals surface area contributed by atoms with Crippen LogP contribution in [0.2, 0.25) is 0 Å². The van der Waals surface area contributed by atoms with E-state index in [4.69, 9.17) is 0 Å². The molecule has 0 N–H and O–H groups in total. The van der Waals surface area contributed by atoms with Gasteiger partial charge in [0, 0.05) is 18.0 Å². The van der Waals surface area contributed by atoms with Crippen LogP contribution < -0.4 is 0 Å². The molecule has 1 heterocycles. The summed E-state index contributed by atoms with van der Waals surface area (Å²) in [4.78, 5) is 16.0. The number of hydrogen-bond donors (Lipinski definition) is 0. The number of rotatable bonds is 3. The van der Waals surface area contributed by atoms with Gasteiger partial charge in [0.05, 0.1) is 6.54 Å². The highest BCUT2D eigenvalue weighted by molar-refractivity contribution is 5.95. The molecule has 0 saturated heterocycles. The Hall–Kier alpha value is -1.90. The van der Waals surface area contributed by atoms with Crippen molar-refractivity contribution in [1.29, 1.82) is 0 Å². The Morgan fingerprint density at radius 2 is 1.94 bits per heavy atom. The van der Waals surface area contributed by atoms with Gasteiger partial charge >= 0.3 is 0 Å². The van der Waals surface area contributed by atoms with Crippen LogP contribution >= 0.6 is 0 Å². The fourth-order valence-electron chi connectivity index (χ4n) is 1.56. The largest absolute Gasteiger partial charge is 0.327 e. The Morgan fingerprint density at radius 1 is 1.25 bits per heavy atom. The van der Waals surface area contributed by atoms with E-state index in [2.05, 4.69) is 4.98 Å². The average molecular weight is 214 g/mol. The number of aryl methyl sites for hydroxylation is 2. The van der Waals surface area contributed by atoms with Gasteiger partial charge < -0.3 is 4.57 Å². The third kappa shape index (κ3) is 2.19. The Kier molecular flexibility index (Phi) is 2.86. The molecule has 0 saturated carbocycles. The summed E-state index contributed by atoms with van der Waals surface area (Å²) in [5.74, 6) is 0.974. The summed E-state index contributed by atoms with van der Waals surface area (Å²) in [5, 5.41) is 0. The number of ketones is 1. The van der Waals surface area contributed by atoms with E-state index in [1.54, 1.807) is 6.20 Å². The van der Waals surface area contributed by atoms with Crippen molar-refractivity contribution in [3.05, 3.63) is 53.6 Å². The number of Topliss-reactive ketones (excluding diaryl/α,β-unsaturated/α-hetero) is 1. The van der Waals surface area contributed by atoms with Crippen LogP contribution in [-0.2, 0) is 6.54 Å². The monoisotopic (exact) mass is 214 g/mol. The van der Waals surface area contributed by atoms with Crippen molar-refractivity contribution in [1.82, 2.24) is 9.55 Å². The van der Waals surface area contributed by atoms with Crippen LogP contribution in [0.3, 0.4) is 0 Å². The molecule has 1 aromatic heterocycles. The number of carbonyl (C=O) groups is 1. The van der Waals surface area contributed by atoms with Crippen molar-refractivity contribution in [2.24, 2.45) is 0 Å². The van der Waals surface area contributed by atoms with E-state index >= 15 is 0 Å². The van der Waals surface area contributed by atoms with Crippen molar-refractivity contribution in [2.75, 3.05) is 0 Å². The Bertz CT molecular complexity index is 497. The van der Waals surface area contributed by atoms with Gasteiger partial charge in [-0.15, -0.1) is 0 Å². The molecule has 0 amide bonds. The summed E-state index contributed by atoms with van der Waals surface area (Å²) in [5.41, 5.74) is 1.91. The van der Waals surface area contributed by atoms with Gasteiger partial charge in [0.1, 0.15) is 5.82 Å². The molecule has 0 aliphatic rings. The first-order chi connectivity index (χ1) is 7.66. The molecule has 0 fully saturated rings. The fraction of sp³-hybridized carbons (Fsp3) is 0.231. The molecule has 0 bridgehead atoms. The van der Waals surface area contributed by atoms with Crippen LogP contribution in [0, 0.1) is 13.8 Å². The molecule has 2 rings (SSSR count). The predicted octanol–water partition coefficient (Wildman–Crippen LogP) is 2.38. The Balaban J connectivity index is 2.15. The third-order valence-electron chi connectivity index (χ3n) is 2.61. The Morgan fingerprint density at radius 3 is 2.50 bits per heavy atom. The zero-order valence-electron chi connectivity index (χ0n) is 9.47. The standard InChI is InChI=1S/C13H14N2O/c1-10-3-5-12(6-4-10)13(16)9-15-8-7-14-11(15)2/h3-8H,9H2,1-2H3. The number of nitrogens with zero attached hydrogens (tertiary/aromatic N) is 2. The van der Waals surface area contributed by atoms with Crippen molar-refractivity contribution >= 4 is 5.78 Å². The lowest BCUT2D eigenvalue weighted by atomic mass is 10.1. The first-order valence-electron chi connectivity index (χ1n) is 5.24. The normalized spacial score (nSPS) is 10.4. The smallest absolute Gasteiger partial charge is 0.182 e. The van der Waals surface area contributed by atoms with Gasteiger partial charge in [-0.1, -0.05) is 29.8 Å². The summed E-state index contributed by atoms with van der Waals surface area (Å²) >= 11 is 0. The summed E-state index contributed by atoms with van der Waals surface area (Å²) in [6.45, 7) is 4.26. The second kappa shape index (κ2) is 4.31. The quantitative estimate of drug-likeness (QED) is 0.735. The van der Waals surface area contributed by atoms with E-state index in [1.807, 2.05) is 48.9 Å². The maximum Gasteiger partial charge on any atom is 0.182 e. The van der Waals surface area contributed by atoms with Gasteiger partial charge in [0.2, 0.25) is 0 Å². The molecule has 0 atom stereocenters. The van der Waals surface area contributed by atoms with E-state index in [-0.39, 0.29) is 5.78 Å². The van der Waals surface area contributed by atoms with E-state index in [0.29, 0.717) is 6.54 Å². The minimum absolute atomic E-state index is 0.112. The molecule has 3 nitrogen and oxygen atoms in total. The Labute approximate surface area is 94.7 Å². The number of imidazole rings is 1. The van der Waals surface area contributed by atoms with Gasteiger partial charge in [-0.3, -0.25) is 4.79 Å². The molecular weight excluding hydrogens is 200 g/mol. The molecule has 0 unspecified atom stereocenters. The average Bonchev–Trinajstić information content (AvgIpc) is 2.65. The summed E-state index contributed by atoms with van der Waals surface area (Å²) in [6.07, 6.45) is 3.53. The van der Waals surface area contributed by atoms with Crippen LogP contribution in [0.5, 0.6) is 0 Å². The van der Waals surface area contributed by atoms with Gasteiger partial charge in [0.15, 0.2) is 5.78 Å². The van der Waals surface area contributed by atoms with Crippen molar-refractivity contribution in [3.63, 3.8) is 0 Å². The van der Waals surface area contributed by atoms with Crippen molar-refractivity contribution in [2.45, 2.75) is 20.4 Å². The van der Waals surface area contributed by atoms with Crippen molar-refractivity contribution in [3.8, 4) is 0 Å². The van der Waals surface area contributed by atoms with E-state index in [9.17, 15) is 4.79 Å². The van der Waals surface area contributed by atoms with Crippen LogP contribution in [-0.4, -0.2) is 15.3 Å². The summed E-state index contributed by atoms with van der Waals surface area (Å²) < 4.78 is 1.85. The van der Waals surface area contributed by atoms with Crippen LogP contribution in [0.4, 0.5) is 0 Å². The third-order valence-corrected chi connectivity index (χ3v) is 2.61. The molecule has 1 aromatic carbocycles. The molecule has 0 aliphatic heterocycles. The highest BCUT2D eigenvalue weighted by Crippen LogP contribution is 2.06. The van der Waals surface area contributed by atoms with Crippen LogP contribution in [0.25, 0.3) is 0 Å². The summed E-state index contributed by atoms with van der Waals surface area (Å²) in [7, 11) is 0. The lowest BCUT2D eigenvalue weighted by molar-refractivity contribution is 0.0971. The maximum atomic E-state index is 11.9. The van der Waals surface area contributed by atoms with E-state index in [0.717, 1.165) is 17.0 Å². The highest BCUT2D eigenvalue weighted by Gasteiger charge is 2.07. The highest BCUT2D eigenvalue weighted by atomic mass is 16.1.